The molecule has 2 heterocycles. The number of nitrogens with zero attached hydrogens (tertiary/aromatic N) is 4. The summed E-state index contributed by atoms with van der Waals surface area (Å²) in [5, 5.41) is 19.3. The molecule has 0 aliphatic heterocycles. The molecule has 3 fully saturated rings. The third-order valence-electron chi connectivity index (χ3n) is 7.54. The summed E-state index contributed by atoms with van der Waals surface area (Å²) in [6.07, 6.45) is 5.37. The number of aliphatic carboxylic acids is 1. The Balaban J connectivity index is 1.29. The Morgan fingerprint density at radius 1 is 1.03 bits per heavy atom. The zero-order valence-electron chi connectivity index (χ0n) is 19.0. The van der Waals surface area contributed by atoms with Gasteiger partial charge in [-0.15, -0.1) is 0 Å². The van der Waals surface area contributed by atoms with Crippen molar-refractivity contribution in [2.24, 2.45) is 10.8 Å². The molecule has 0 saturated heterocycles. The van der Waals surface area contributed by atoms with Gasteiger partial charge >= 0.3 is 5.97 Å². The molecule has 35 heavy (non-hydrogen) atoms. The molecule has 2 amide bonds. The van der Waals surface area contributed by atoms with Gasteiger partial charge in [-0.1, -0.05) is 12.1 Å². The third-order valence-corrected chi connectivity index (χ3v) is 7.54. The Labute approximate surface area is 200 Å². The fourth-order valence-electron chi connectivity index (χ4n) is 5.22. The minimum atomic E-state index is -0.719. The maximum absolute atomic E-state index is 13.4. The largest absolute Gasteiger partial charge is 0.481 e. The smallest absolute Gasteiger partial charge is 0.309 e. The molecular weight excluding hydrogens is 455 g/mol. The second-order valence-electron chi connectivity index (χ2n) is 9.58. The summed E-state index contributed by atoms with van der Waals surface area (Å²) in [5.74, 6) is -1.96. The number of fused-ring (bicyclic) bond motifs is 4. The van der Waals surface area contributed by atoms with E-state index in [9.17, 15) is 23.9 Å². The van der Waals surface area contributed by atoms with Gasteiger partial charge in [-0.05, 0) is 61.6 Å². The molecule has 10 nitrogen and oxygen atoms in total. The minimum Gasteiger partial charge on any atom is -0.481 e. The SMILES string of the molecule is O=C(NCc1cccc(F)c1)c1cc(C(=O)NCC23CCC(C(=O)O)(CC2)CC3)n2ncnc2n1. The topological polar surface area (TPSA) is 139 Å². The maximum Gasteiger partial charge on any atom is 0.309 e. The van der Waals surface area contributed by atoms with Gasteiger partial charge in [0.05, 0.1) is 5.41 Å². The lowest BCUT2D eigenvalue weighted by molar-refractivity contribution is -0.158. The Morgan fingerprint density at radius 2 is 1.77 bits per heavy atom. The van der Waals surface area contributed by atoms with Crippen LogP contribution in [-0.4, -0.2) is 49.0 Å². The van der Waals surface area contributed by atoms with E-state index >= 15 is 0 Å². The van der Waals surface area contributed by atoms with Gasteiger partial charge in [0.25, 0.3) is 17.6 Å². The van der Waals surface area contributed by atoms with Crippen LogP contribution in [0, 0.1) is 16.6 Å². The predicted molar refractivity (Wildman–Crippen MR) is 121 cm³/mol. The Hall–Kier alpha value is -3.89. The summed E-state index contributed by atoms with van der Waals surface area (Å²) in [6, 6.07) is 7.24. The number of benzene rings is 1. The zero-order chi connectivity index (χ0) is 24.6. The Kier molecular flexibility index (Phi) is 5.70. The normalized spacial score (nSPS) is 23.2. The van der Waals surface area contributed by atoms with Crippen LogP contribution in [0.3, 0.4) is 0 Å². The van der Waals surface area contributed by atoms with E-state index in [0.717, 1.165) is 19.3 Å². The number of halogens is 1. The molecule has 182 valence electrons. The number of carbonyl (C=O) groups is 3. The van der Waals surface area contributed by atoms with Crippen LogP contribution in [0.4, 0.5) is 4.39 Å². The summed E-state index contributed by atoms with van der Waals surface area (Å²) in [5.41, 5.74) is -0.0338. The molecular formula is C24H25FN6O4. The molecule has 0 unspecified atom stereocenters. The van der Waals surface area contributed by atoms with Gasteiger partial charge in [-0.2, -0.15) is 14.6 Å². The van der Waals surface area contributed by atoms with Crippen molar-refractivity contribution in [3.8, 4) is 0 Å². The summed E-state index contributed by atoms with van der Waals surface area (Å²) in [7, 11) is 0. The molecule has 0 spiro atoms. The second kappa shape index (κ2) is 8.71. The number of hydrogen-bond donors (Lipinski definition) is 3. The second-order valence-corrected chi connectivity index (χ2v) is 9.58. The molecule has 0 radical (unpaired) electrons. The molecule has 2 aromatic heterocycles. The number of amides is 2. The number of rotatable bonds is 7. The zero-order valence-corrected chi connectivity index (χ0v) is 19.0. The molecule has 3 saturated carbocycles. The lowest BCUT2D eigenvalue weighted by Gasteiger charge is -2.51. The molecule has 2 bridgehead atoms. The Morgan fingerprint density at radius 3 is 2.46 bits per heavy atom. The quantitative estimate of drug-likeness (QED) is 0.472. The molecule has 11 heteroatoms. The van der Waals surface area contributed by atoms with Gasteiger partial charge in [0.2, 0.25) is 0 Å². The van der Waals surface area contributed by atoms with Crippen LogP contribution in [0.15, 0.2) is 36.7 Å². The molecule has 1 aromatic carbocycles. The fraction of sp³-hybridized carbons (Fsp3) is 0.417. The van der Waals surface area contributed by atoms with Crippen molar-refractivity contribution in [3.63, 3.8) is 0 Å². The van der Waals surface area contributed by atoms with Gasteiger partial charge < -0.3 is 15.7 Å². The van der Waals surface area contributed by atoms with Gasteiger partial charge in [-0.3, -0.25) is 14.4 Å². The van der Waals surface area contributed by atoms with E-state index in [4.69, 9.17) is 0 Å². The van der Waals surface area contributed by atoms with E-state index in [1.54, 1.807) is 12.1 Å². The third kappa shape index (κ3) is 4.33. The first-order chi connectivity index (χ1) is 16.8. The average molecular weight is 481 g/mol. The van der Waals surface area contributed by atoms with E-state index in [1.165, 1.54) is 29.0 Å². The van der Waals surface area contributed by atoms with Crippen LogP contribution in [-0.2, 0) is 11.3 Å². The number of nitrogens with one attached hydrogen (secondary N) is 2. The van der Waals surface area contributed by atoms with E-state index in [0.29, 0.717) is 31.4 Å². The fourth-order valence-corrected chi connectivity index (χ4v) is 5.22. The molecule has 3 aromatic rings. The Bertz CT molecular complexity index is 1300. The highest BCUT2D eigenvalue weighted by atomic mass is 19.1. The van der Waals surface area contributed by atoms with Crippen LogP contribution in [0.25, 0.3) is 5.78 Å². The van der Waals surface area contributed by atoms with E-state index in [-0.39, 0.29) is 29.1 Å². The van der Waals surface area contributed by atoms with E-state index in [2.05, 4.69) is 25.7 Å². The highest BCUT2D eigenvalue weighted by Crippen LogP contribution is 2.56. The molecule has 3 aliphatic rings. The summed E-state index contributed by atoms with van der Waals surface area (Å²) in [6.45, 7) is 0.513. The van der Waals surface area contributed by atoms with Crippen molar-refractivity contribution in [2.75, 3.05) is 6.54 Å². The van der Waals surface area contributed by atoms with Gasteiger partial charge in [0, 0.05) is 19.2 Å². The number of carbonyl (C=O) groups excluding carboxylic acids is 2. The molecule has 0 atom stereocenters. The minimum absolute atomic E-state index is 0.00760. The number of carboxylic acid groups (broad SMARTS) is 1. The van der Waals surface area contributed by atoms with Crippen LogP contribution >= 0.6 is 0 Å². The van der Waals surface area contributed by atoms with Gasteiger partial charge in [0.15, 0.2) is 0 Å². The first-order valence-corrected chi connectivity index (χ1v) is 11.5. The lowest BCUT2D eigenvalue weighted by atomic mass is 9.53. The van der Waals surface area contributed by atoms with Crippen molar-refractivity contribution in [1.82, 2.24) is 30.2 Å². The highest BCUT2D eigenvalue weighted by molar-refractivity contribution is 5.98. The lowest BCUT2D eigenvalue weighted by Crippen LogP contribution is -2.50. The van der Waals surface area contributed by atoms with Crippen molar-refractivity contribution < 1.29 is 23.9 Å². The maximum atomic E-state index is 13.4. The predicted octanol–water partition coefficient (Wildman–Crippen LogP) is 2.35. The summed E-state index contributed by atoms with van der Waals surface area (Å²) in [4.78, 5) is 45.8. The highest BCUT2D eigenvalue weighted by Gasteiger charge is 2.52. The monoisotopic (exact) mass is 480 g/mol. The van der Waals surface area contributed by atoms with Crippen molar-refractivity contribution in [1.29, 1.82) is 0 Å². The molecule has 3 aliphatic carbocycles. The van der Waals surface area contributed by atoms with Crippen LogP contribution in [0.2, 0.25) is 0 Å². The molecule has 6 rings (SSSR count). The first kappa shape index (κ1) is 22.9. The van der Waals surface area contributed by atoms with Gasteiger partial charge in [0.1, 0.15) is 23.5 Å². The van der Waals surface area contributed by atoms with Crippen LogP contribution < -0.4 is 10.6 Å². The van der Waals surface area contributed by atoms with Crippen LogP contribution in [0.5, 0.6) is 0 Å². The van der Waals surface area contributed by atoms with Gasteiger partial charge in [-0.25, -0.2) is 9.37 Å². The van der Waals surface area contributed by atoms with Crippen molar-refractivity contribution in [3.05, 3.63) is 59.4 Å². The summed E-state index contributed by atoms with van der Waals surface area (Å²) >= 11 is 0. The standard InChI is InChI=1S/C24H25FN6O4/c25-16-3-1-2-15(10-16)12-26-19(32)17-11-18(31-22(30-17)28-14-29-31)20(33)27-13-23-4-7-24(8-5-23,9-6-23)21(34)35/h1-3,10-11,14H,4-9,12-13H2,(H,26,32)(H,27,33)(H,34,35). The van der Waals surface area contributed by atoms with Crippen molar-refractivity contribution in [2.45, 2.75) is 45.1 Å². The number of hydrogen-bond acceptors (Lipinski definition) is 6. The van der Waals surface area contributed by atoms with E-state index in [1.807, 2.05) is 0 Å². The number of aromatic nitrogens is 4. The summed E-state index contributed by atoms with van der Waals surface area (Å²) < 4.78 is 14.7. The van der Waals surface area contributed by atoms with Crippen molar-refractivity contribution >= 4 is 23.6 Å². The van der Waals surface area contributed by atoms with E-state index < -0.39 is 29.0 Å². The number of carboxylic acids is 1. The first-order valence-electron chi connectivity index (χ1n) is 11.5. The average Bonchev–Trinajstić information content (AvgIpc) is 3.35. The van der Waals surface area contributed by atoms with Crippen LogP contribution in [0.1, 0.15) is 65.1 Å². The molecule has 3 N–H and O–H groups in total.